The molecular formula is C11H10N6OS. The van der Waals surface area contributed by atoms with Gasteiger partial charge in [0.1, 0.15) is 6.33 Å². The number of carbonyl (C=O) groups is 1. The molecule has 2 heterocycles. The fourth-order valence-electron chi connectivity index (χ4n) is 1.61. The van der Waals surface area contributed by atoms with E-state index in [1.807, 2.05) is 18.2 Å². The maximum absolute atomic E-state index is 11.8. The first kappa shape index (κ1) is 11.7. The molecule has 8 heteroatoms. The number of benzene rings is 1. The zero-order chi connectivity index (χ0) is 13.1. The van der Waals surface area contributed by atoms with Crippen LogP contribution >= 0.6 is 11.8 Å². The van der Waals surface area contributed by atoms with E-state index in [1.165, 1.54) is 18.1 Å². The van der Waals surface area contributed by atoms with Crippen LogP contribution in [0, 0.1) is 0 Å². The molecule has 3 N–H and O–H groups in total. The first-order valence-corrected chi connectivity index (χ1v) is 6.51. The Morgan fingerprint density at radius 3 is 3.11 bits per heavy atom. The van der Waals surface area contributed by atoms with Gasteiger partial charge in [0.15, 0.2) is 5.16 Å². The van der Waals surface area contributed by atoms with Gasteiger partial charge in [-0.2, -0.15) is 10.2 Å². The highest BCUT2D eigenvalue weighted by atomic mass is 32.2. The standard InChI is InChI=1S/C11H10N6OS/c18-10(5-19-11-12-6-14-17-11)15-8-2-1-7-4-13-16-9(7)3-8/h1-4,6H,5H2,(H,13,16)(H,15,18)(H,12,14,17). The minimum atomic E-state index is -0.0970. The van der Waals surface area contributed by atoms with E-state index < -0.39 is 0 Å². The van der Waals surface area contributed by atoms with Gasteiger partial charge in [-0.15, -0.1) is 0 Å². The molecule has 0 fully saturated rings. The molecule has 19 heavy (non-hydrogen) atoms. The second kappa shape index (κ2) is 5.11. The molecule has 1 amide bonds. The molecule has 0 saturated heterocycles. The first-order chi connectivity index (χ1) is 9.31. The molecule has 0 unspecified atom stereocenters. The Morgan fingerprint density at radius 2 is 2.26 bits per heavy atom. The van der Waals surface area contributed by atoms with Crippen molar-refractivity contribution in [3.63, 3.8) is 0 Å². The predicted molar refractivity (Wildman–Crippen MR) is 71.8 cm³/mol. The van der Waals surface area contributed by atoms with Crippen molar-refractivity contribution >= 4 is 34.3 Å². The summed E-state index contributed by atoms with van der Waals surface area (Å²) in [4.78, 5) is 15.7. The minimum Gasteiger partial charge on any atom is -0.325 e. The third-order valence-corrected chi connectivity index (χ3v) is 3.34. The topological polar surface area (TPSA) is 99.3 Å². The van der Waals surface area contributed by atoms with Crippen LogP contribution < -0.4 is 5.32 Å². The molecule has 0 bridgehead atoms. The number of hydrogen-bond acceptors (Lipinski definition) is 5. The maximum Gasteiger partial charge on any atom is 0.234 e. The molecule has 3 aromatic rings. The monoisotopic (exact) mass is 274 g/mol. The highest BCUT2D eigenvalue weighted by Gasteiger charge is 2.06. The molecule has 3 rings (SSSR count). The third-order valence-electron chi connectivity index (χ3n) is 2.46. The highest BCUT2D eigenvalue weighted by Crippen LogP contribution is 2.17. The second-order valence-electron chi connectivity index (χ2n) is 3.80. The Hall–Kier alpha value is -2.35. The second-order valence-corrected chi connectivity index (χ2v) is 4.76. The van der Waals surface area contributed by atoms with Gasteiger partial charge in [0.05, 0.1) is 17.5 Å². The molecule has 0 aliphatic heterocycles. The van der Waals surface area contributed by atoms with Crippen molar-refractivity contribution in [2.75, 3.05) is 11.1 Å². The minimum absolute atomic E-state index is 0.0970. The molecule has 1 aromatic carbocycles. The molecule has 0 radical (unpaired) electrons. The fraction of sp³-hybridized carbons (Fsp3) is 0.0909. The van der Waals surface area contributed by atoms with Gasteiger partial charge < -0.3 is 5.32 Å². The zero-order valence-corrected chi connectivity index (χ0v) is 10.6. The first-order valence-electron chi connectivity index (χ1n) is 5.52. The van der Waals surface area contributed by atoms with Crippen molar-refractivity contribution < 1.29 is 4.79 Å². The van der Waals surface area contributed by atoms with Crippen LogP contribution in [0.5, 0.6) is 0 Å². The number of fused-ring (bicyclic) bond motifs is 1. The van der Waals surface area contributed by atoms with Crippen molar-refractivity contribution in [1.29, 1.82) is 0 Å². The summed E-state index contributed by atoms with van der Waals surface area (Å²) in [6, 6.07) is 5.59. The number of nitrogens with one attached hydrogen (secondary N) is 3. The van der Waals surface area contributed by atoms with Crippen LogP contribution in [0.1, 0.15) is 0 Å². The average Bonchev–Trinajstić information content (AvgIpc) is 3.07. The summed E-state index contributed by atoms with van der Waals surface area (Å²) in [7, 11) is 0. The number of hydrogen-bond donors (Lipinski definition) is 3. The van der Waals surface area contributed by atoms with Crippen LogP contribution in [0.25, 0.3) is 10.9 Å². The Balaban J connectivity index is 1.62. The summed E-state index contributed by atoms with van der Waals surface area (Å²) in [5, 5.41) is 17.6. The van der Waals surface area contributed by atoms with Gasteiger partial charge in [0.25, 0.3) is 0 Å². The number of thioether (sulfide) groups is 1. The van der Waals surface area contributed by atoms with Crippen LogP contribution in [0.4, 0.5) is 5.69 Å². The summed E-state index contributed by atoms with van der Waals surface area (Å²) in [5.74, 6) is 0.177. The largest absolute Gasteiger partial charge is 0.325 e. The summed E-state index contributed by atoms with van der Waals surface area (Å²) in [6.07, 6.45) is 3.15. The van der Waals surface area contributed by atoms with Gasteiger partial charge in [-0.3, -0.25) is 15.0 Å². The van der Waals surface area contributed by atoms with Gasteiger partial charge in [-0.25, -0.2) is 4.98 Å². The van der Waals surface area contributed by atoms with Crippen molar-refractivity contribution in [3.05, 3.63) is 30.7 Å². The normalized spacial score (nSPS) is 10.7. The lowest BCUT2D eigenvalue weighted by Gasteiger charge is -2.04. The van der Waals surface area contributed by atoms with Gasteiger partial charge in [0, 0.05) is 11.1 Å². The lowest BCUT2D eigenvalue weighted by atomic mass is 10.2. The number of carbonyl (C=O) groups excluding carboxylic acids is 1. The Labute approximate surface area is 112 Å². The van der Waals surface area contributed by atoms with E-state index in [-0.39, 0.29) is 11.7 Å². The lowest BCUT2D eigenvalue weighted by molar-refractivity contribution is -0.113. The number of nitrogens with zero attached hydrogens (tertiary/aromatic N) is 3. The van der Waals surface area contributed by atoms with Gasteiger partial charge in [-0.05, 0) is 18.2 Å². The van der Waals surface area contributed by atoms with Crippen LogP contribution in [0.2, 0.25) is 0 Å². The Bertz CT molecular complexity index is 692. The molecular weight excluding hydrogens is 264 g/mol. The zero-order valence-electron chi connectivity index (χ0n) is 9.75. The molecule has 0 saturated carbocycles. The fourth-order valence-corrected chi connectivity index (χ4v) is 2.19. The van der Waals surface area contributed by atoms with Crippen LogP contribution in [-0.4, -0.2) is 37.0 Å². The smallest absolute Gasteiger partial charge is 0.234 e. The van der Waals surface area contributed by atoms with Gasteiger partial charge in [0.2, 0.25) is 5.91 Å². The quantitative estimate of drug-likeness (QED) is 0.625. The van der Waals surface area contributed by atoms with E-state index in [9.17, 15) is 4.79 Å². The number of anilines is 1. The van der Waals surface area contributed by atoms with Crippen LogP contribution in [0.15, 0.2) is 35.9 Å². The van der Waals surface area contributed by atoms with Crippen LogP contribution in [-0.2, 0) is 4.79 Å². The number of aromatic nitrogens is 5. The molecule has 7 nitrogen and oxygen atoms in total. The molecule has 2 aromatic heterocycles. The summed E-state index contributed by atoms with van der Waals surface area (Å²) < 4.78 is 0. The number of H-pyrrole nitrogens is 2. The van der Waals surface area contributed by atoms with E-state index in [0.717, 1.165) is 16.6 Å². The summed E-state index contributed by atoms with van der Waals surface area (Å²) >= 11 is 1.30. The molecule has 0 spiro atoms. The van der Waals surface area contributed by atoms with Gasteiger partial charge >= 0.3 is 0 Å². The Morgan fingerprint density at radius 1 is 1.32 bits per heavy atom. The number of amides is 1. The van der Waals surface area contributed by atoms with Crippen molar-refractivity contribution in [1.82, 2.24) is 25.4 Å². The summed E-state index contributed by atoms with van der Waals surface area (Å²) in [5.41, 5.74) is 1.63. The third kappa shape index (κ3) is 2.74. The van der Waals surface area contributed by atoms with Crippen molar-refractivity contribution in [2.45, 2.75) is 5.16 Å². The average molecular weight is 274 g/mol. The van der Waals surface area contributed by atoms with Crippen molar-refractivity contribution in [2.24, 2.45) is 0 Å². The maximum atomic E-state index is 11.8. The molecule has 0 aliphatic carbocycles. The van der Waals surface area contributed by atoms with Crippen LogP contribution in [0.3, 0.4) is 0 Å². The summed E-state index contributed by atoms with van der Waals surface area (Å²) in [6.45, 7) is 0. The molecule has 0 atom stereocenters. The molecule has 0 aliphatic rings. The molecule has 96 valence electrons. The van der Waals surface area contributed by atoms with E-state index >= 15 is 0 Å². The highest BCUT2D eigenvalue weighted by molar-refractivity contribution is 7.99. The lowest BCUT2D eigenvalue weighted by Crippen LogP contribution is -2.14. The van der Waals surface area contributed by atoms with Gasteiger partial charge in [-0.1, -0.05) is 11.8 Å². The Kier molecular flexibility index (Phi) is 3.15. The van der Waals surface area contributed by atoms with E-state index in [4.69, 9.17) is 0 Å². The predicted octanol–water partition coefficient (Wildman–Crippen LogP) is 1.41. The van der Waals surface area contributed by atoms with E-state index in [0.29, 0.717) is 5.16 Å². The van der Waals surface area contributed by atoms with E-state index in [2.05, 4.69) is 30.7 Å². The van der Waals surface area contributed by atoms with Crippen molar-refractivity contribution in [3.8, 4) is 0 Å². The number of rotatable bonds is 4. The van der Waals surface area contributed by atoms with E-state index in [1.54, 1.807) is 6.20 Å². The number of aromatic amines is 2. The SMILES string of the molecule is O=C(CSc1ncn[nH]1)Nc1ccc2cn[nH]c2c1.